The summed E-state index contributed by atoms with van der Waals surface area (Å²) in [6, 6.07) is 12.4. The van der Waals surface area contributed by atoms with Crippen LogP contribution in [0.1, 0.15) is 17.3 Å². The summed E-state index contributed by atoms with van der Waals surface area (Å²) in [5, 5.41) is 17.4. The zero-order chi connectivity index (χ0) is 24.8. The number of nitro benzene ring substituents is 1. The third kappa shape index (κ3) is 6.24. The summed E-state index contributed by atoms with van der Waals surface area (Å²) in [6.45, 7) is 9.49. The second-order valence-electron chi connectivity index (χ2n) is 8.44. The molecular weight excluding hydrogens is 468 g/mol. The van der Waals surface area contributed by atoms with Gasteiger partial charge >= 0.3 is 0 Å². The number of amides is 1. The predicted octanol–water partition coefficient (Wildman–Crippen LogP) is 2.70. The van der Waals surface area contributed by atoms with Gasteiger partial charge in [-0.25, -0.2) is 0 Å². The summed E-state index contributed by atoms with van der Waals surface area (Å²) >= 11 is 5.29. The number of carbonyl (C=O) groups excluding carboxylic acids is 1. The highest BCUT2D eigenvalue weighted by molar-refractivity contribution is 7.80. The monoisotopic (exact) mass is 498 g/mol. The van der Waals surface area contributed by atoms with Gasteiger partial charge in [-0.05, 0) is 55.2 Å². The number of benzene rings is 2. The second-order valence-corrected chi connectivity index (χ2v) is 8.84. The van der Waals surface area contributed by atoms with Gasteiger partial charge in [-0.2, -0.15) is 0 Å². The molecule has 2 heterocycles. The lowest BCUT2D eigenvalue weighted by molar-refractivity contribution is -0.384. The van der Waals surface area contributed by atoms with Crippen LogP contribution in [0.3, 0.4) is 0 Å². The van der Waals surface area contributed by atoms with Crippen molar-refractivity contribution in [3.05, 3.63) is 58.1 Å². The van der Waals surface area contributed by atoms with E-state index in [1.807, 2.05) is 29.2 Å². The van der Waals surface area contributed by atoms with Gasteiger partial charge in [-0.3, -0.25) is 20.2 Å². The zero-order valence-corrected chi connectivity index (χ0v) is 20.6. The predicted molar refractivity (Wildman–Crippen MR) is 141 cm³/mol. The molecule has 2 aromatic rings. The largest absolute Gasteiger partial charge is 0.378 e. The second kappa shape index (κ2) is 11.4. The van der Waals surface area contributed by atoms with Crippen LogP contribution in [0, 0.1) is 10.1 Å². The van der Waals surface area contributed by atoms with Gasteiger partial charge in [0.1, 0.15) is 5.69 Å². The molecule has 2 saturated heterocycles. The van der Waals surface area contributed by atoms with Crippen LogP contribution in [-0.4, -0.2) is 79.9 Å². The molecule has 186 valence electrons. The maximum Gasteiger partial charge on any atom is 0.293 e. The first-order valence-electron chi connectivity index (χ1n) is 11.8. The molecule has 2 fully saturated rings. The molecular formula is C24H30N6O4S. The van der Waals surface area contributed by atoms with E-state index < -0.39 is 10.8 Å². The quantitative estimate of drug-likeness (QED) is 0.353. The van der Waals surface area contributed by atoms with Gasteiger partial charge in [-0.1, -0.05) is 6.92 Å². The topological polar surface area (TPSA) is 103 Å². The molecule has 0 unspecified atom stereocenters. The fourth-order valence-electron chi connectivity index (χ4n) is 4.30. The Labute approximate surface area is 210 Å². The van der Waals surface area contributed by atoms with E-state index in [4.69, 9.17) is 17.0 Å². The van der Waals surface area contributed by atoms with Crippen molar-refractivity contribution in [2.75, 3.05) is 74.1 Å². The van der Waals surface area contributed by atoms with E-state index in [0.717, 1.165) is 44.1 Å². The van der Waals surface area contributed by atoms with Crippen molar-refractivity contribution in [1.29, 1.82) is 0 Å². The van der Waals surface area contributed by atoms with Crippen LogP contribution in [0.25, 0.3) is 0 Å². The number of carbonyl (C=O) groups is 1. The Morgan fingerprint density at radius 2 is 1.71 bits per heavy atom. The van der Waals surface area contributed by atoms with Gasteiger partial charge in [0.25, 0.3) is 11.6 Å². The Morgan fingerprint density at radius 3 is 2.34 bits per heavy atom. The van der Waals surface area contributed by atoms with Crippen LogP contribution in [0.4, 0.5) is 22.7 Å². The van der Waals surface area contributed by atoms with Crippen LogP contribution < -0.4 is 20.4 Å². The van der Waals surface area contributed by atoms with Crippen LogP contribution in [0.5, 0.6) is 0 Å². The van der Waals surface area contributed by atoms with Gasteiger partial charge in [0.15, 0.2) is 5.11 Å². The molecule has 4 rings (SSSR count). The van der Waals surface area contributed by atoms with E-state index >= 15 is 0 Å². The highest BCUT2D eigenvalue weighted by atomic mass is 32.1. The number of morpholine rings is 1. The molecule has 0 radical (unpaired) electrons. The molecule has 10 nitrogen and oxygen atoms in total. The van der Waals surface area contributed by atoms with Gasteiger partial charge in [-0.15, -0.1) is 0 Å². The Balaban J connectivity index is 1.35. The minimum Gasteiger partial charge on any atom is -0.378 e. The fourth-order valence-corrected chi connectivity index (χ4v) is 4.51. The molecule has 0 spiro atoms. The molecule has 35 heavy (non-hydrogen) atoms. The maximum atomic E-state index is 12.7. The minimum atomic E-state index is -0.510. The number of anilines is 3. The number of nitrogens with zero attached hydrogens (tertiary/aromatic N) is 4. The lowest BCUT2D eigenvalue weighted by Gasteiger charge is -2.35. The first-order valence-corrected chi connectivity index (χ1v) is 12.2. The number of hydrogen-bond donors (Lipinski definition) is 2. The smallest absolute Gasteiger partial charge is 0.293 e. The van der Waals surface area contributed by atoms with Gasteiger partial charge in [0, 0.05) is 62.3 Å². The average molecular weight is 499 g/mol. The average Bonchev–Trinajstić information content (AvgIpc) is 2.89. The molecule has 1 amide bonds. The molecule has 0 saturated carbocycles. The van der Waals surface area contributed by atoms with Crippen molar-refractivity contribution in [3.63, 3.8) is 0 Å². The molecule has 11 heteroatoms. The molecule has 2 aliphatic heterocycles. The summed E-state index contributed by atoms with van der Waals surface area (Å²) in [6.07, 6.45) is 0. The van der Waals surface area contributed by atoms with Crippen molar-refractivity contribution in [3.8, 4) is 0 Å². The van der Waals surface area contributed by atoms with Crippen molar-refractivity contribution in [2.24, 2.45) is 0 Å². The van der Waals surface area contributed by atoms with E-state index in [1.54, 1.807) is 12.1 Å². The van der Waals surface area contributed by atoms with Crippen LogP contribution in [-0.2, 0) is 4.74 Å². The minimum absolute atomic E-state index is 0.117. The summed E-state index contributed by atoms with van der Waals surface area (Å²) in [5.74, 6) is -0.510. The van der Waals surface area contributed by atoms with Crippen molar-refractivity contribution < 1.29 is 14.5 Å². The molecule has 0 aliphatic carbocycles. The van der Waals surface area contributed by atoms with E-state index in [9.17, 15) is 14.9 Å². The number of thiocarbonyl (C=S) groups is 1. The number of nitro groups is 1. The molecule has 0 bridgehead atoms. The number of ether oxygens (including phenoxy) is 1. The number of piperazine rings is 1. The SMILES string of the molecule is CCN1CCN(c2ccc(NC(=S)NC(=O)c3ccc(N4CCOCC4)c([N+](=O)[O-])c3)cc2)CC1. The fraction of sp³-hybridized carbons (Fsp3) is 0.417. The molecule has 2 N–H and O–H groups in total. The Kier molecular flexibility index (Phi) is 8.11. The lowest BCUT2D eigenvalue weighted by Crippen LogP contribution is -2.46. The first-order chi connectivity index (χ1) is 16.9. The van der Waals surface area contributed by atoms with Gasteiger partial charge in [0.2, 0.25) is 0 Å². The number of hydrogen-bond acceptors (Lipinski definition) is 8. The summed E-state index contributed by atoms with van der Waals surface area (Å²) < 4.78 is 5.32. The summed E-state index contributed by atoms with van der Waals surface area (Å²) in [4.78, 5) is 30.6. The van der Waals surface area contributed by atoms with Crippen molar-refractivity contribution in [1.82, 2.24) is 10.2 Å². The Hall–Kier alpha value is -3.28. The Bertz CT molecular complexity index is 1070. The van der Waals surface area contributed by atoms with Crippen LogP contribution in [0.15, 0.2) is 42.5 Å². The third-order valence-corrected chi connectivity index (χ3v) is 6.53. The van der Waals surface area contributed by atoms with E-state index in [2.05, 4.69) is 27.4 Å². The van der Waals surface area contributed by atoms with Gasteiger partial charge < -0.3 is 24.8 Å². The number of rotatable bonds is 6. The molecule has 2 aliphatic rings. The standard InChI is InChI=1S/C24H30N6O4S/c1-2-27-9-11-28(12-10-27)20-6-4-19(5-7-20)25-24(35)26-23(31)18-3-8-21(22(17-18)30(32)33)29-13-15-34-16-14-29/h3-8,17H,2,9-16H2,1H3,(H2,25,26,31,35). The zero-order valence-electron chi connectivity index (χ0n) is 19.7. The lowest BCUT2D eigenvalue weighted by atomic mass is 10.1. The van der Waals surface area contributed by atoms with Gasteiger partial charge in [0.05, 0.1) is 18.1 Å². The van der Waals surface area contributed by atoms with Crippen LogP contribution >= 0.6 is 12.2 Å². The van der Waals surface area contributed by atoms with E-state index in [0.29, 0.717) is 32.0 Å². The Morgan fingerprint density at radius 1 is 1.03 bits per heavy atom. The molecule has 0 atom stereocenters. The van der Waals surface area contributed by atoms with Crippen LogP contribution in [0.2, 0.25) is 0 Å². The maximum absolute atomic E-state index is 12.7. The first kappa shape index (κ1) is 24.8. The number of likely N-dealkylation sites (N-methyl/N-ethyl adjacent to an activating group) is 1. The van der Waals surface area contributed by atoms with E-state index in [1.165, 1.54) is 6.07 Å². The van der Waals surface area contributed by atoms with Crippen molar-refractivity contribution in [2.45, 2.75) is 6.92 Å². The third-order valence-electron chi connectivity index (χ3n) is 6.32. The molecule has 2 aromatic carbocycles. The normalized spacial score (nSPS) is 16.6. The van der Waals surface area contributed by atoms with Crippen molar-refractivity contribution >= 4 is 46.0 Å². The highest BCUT2D eigenvalue weighted by Crippen LogP contribution is 2.30. The summed E-state index contributed by atoms with van der Waals surface area (Å²) in [5.41, 5.74) is 2.42. The molecule has 0 aromatic heterocycles. The number of nitrogens with one attached hydrogen (secondary N) is 2. The summed E-state index contributed by atoms with van der Waals surface area (Å²) in [7, 11) is 0. The highest BCUT2D eigenvalue weighted by Gasteiger charge is 2.23. The van der Waals surface area contributed by atoms with E-state index in [-0.39, 0.29) is 16.4 Å².